The van der Waals surface area contributed by atoms with Gasteiger partial charge in [-0.25, -0.2) is 18.1 Å². The molecule has 2 aliphatic rings. The molecule has 6 atom stereocenters. The van der Waals surface area contributed by atoms with Crippen LogP contribution in [0.4, 0.5) is 4.39 Å². The second-order valence-electron chi connectivity index (χ2n) is 6.12. The average Bonchev–Trinajstić information content (AvgIpc) is 2.82. The number of nitrogens with zero attached hydrogens (tertiary/aromatic N) is 1. The van der Waals surface area contributed by atoms with Crippen LogP contribution in [0.15, 0.2) is 37.0 Å². The fraction of sp³-hybridized carbons (Fsp3) is 0.385. The number of aliphatic hydroxyl groups excluding tert-OH is 1. The summed E-state index contributed by atoms with van der Waals surface area (Å²) in [4.78, 5) is 36.8. The van der Waals surface area contributed by atoms with Crippen LogP contribution in [0.25, 0.3) is 0 Å². The molecule has 6 N–H and O–H groups in total. The van der Waals surface area contributed by atoms with Crippen molar-refractivity contribution < 1.29 is 60.6 Å². The minimum Gasteiger partial charge on any atom is -0.386 e. The van der Waals surface area contributed by atoms with E-state index in [1.807, 2.05) is 5.92 Å². The number of alkyl halides is 1. The van der Waals surface area contributed by atoms with Gasteiger partial charge in [-0.15, -0.1) is 6.42 Å². The molecule has 2 heterocycles. The second-order valence-corrected chi connectivity index (χ2v) is 10.5. The minimum absolute atomic E-state index is 0.105. The average molecular weight is 506 g/mol. The highest BCUT2D eigenvalue weighted by atomic mass is 31.3. The van der Waals surface area contributed by atoms with Crippen molar-refractivity contribution in [3.05, 3.63) is 37.0 Å². The number of hydrogen-bond acceptors (Lipinski definition) is 10. The monoisotopic (exact) mass is 506 g/mol. The Hall–Kier alpha value is -1.36. The molecule has 0 aromatic rings. The summed E-state index contributed by atoms with van der Waals surface area (Å²) in [6.45, 7) is 6.00. The lowest BCUT2D eigenvalue weighted by atomic mass is 9.98. The van der Waals surface area contributed by atoms with E-state index in [1.54, 1.807) is 0 Å². The van der Waals surface area contributed by atoms with Crippen molar-refractivity contribution in [2.45, 2.75) is 24.1 Å². The van der Waals surface area contributed by atoms with E-state index in [-0.39, 0.29) is 5.82 Å². The quantitative estimate of drug-likeness (QED) is 0.192. The zero-order valence-electron chi connectivity index (χ0n) is 15.3. The highest BCUT2D eigenvalue weighted by Gasteiger charge is 2.58. The van der Waals surface area contributed by atoms with Crippen LogP contribution in [0.2, 0.25) is 0 Å². The summed E-state index contributed by atoms with van der Waals surface area (Å²) in [5, 5.41) is 12.9. The largest absolute Gasteiger partial charge is 0.490 e. The van der Waals surface area contributed by atoms with Gasteiger partial charge in [-0.3, -0.25) is 4.52 Å². The van der Waals surface area contributed by atoms with E-state index in [0.717, 1.165) is 4.90 Å². The van der Waals surface area contributed by atoms with Crippen molar-refractivity contribution >= 4 is 23.5 Å². The van der Waals surface area contributed by atoms with Gasteiger partial charge in [0.15, 0.2) is 18.0 Å². The third-order valence-electron chi connectivity index (χ3n) is 3.81. The van der Waals surface area contributed by atoms with Crippen molar-refractivity contribution in [3.8, 4) is 12.3 Å². The van der Waals surface area contributed by atoms with Crippen molar-refractivity contribution in [1.82, 2.24) is 10.2 Å². The molecule has 0 bridgehead atoms. The molecule has 14 nitrogen and oxygen atoms in total. The smallest absolute Gasteiger partial charge is 0.386 e. The fourth-order valence-electron chi connectivity index (χ4n) is 2.52. The Kier molecular flexibility index (Phi) is 7.42. The first-order valence-corrected chi connectivity index (χ1v) is 12.4. The number of phosphoric ester groups is 1. The summed E-state index contributed by atoms with van der Waals surface area (Å²) in [5.74, 6) is 2.00. The van der Waals surface area contributed by atoms with Crippen LogP contribution < -0.4 is 5.32 Å². The number of aliphatic hydroxyl groups is 1. The molecule has 3 unspecified atom stereocenters. The van der Waals surface area contributed by atoms with Crippen LogP contribution in [0.5, 0.6) is 0 Å². The highest BCUT2D eigenvalue weighted by molar-refractivity contribution is 7.66. The Morgan fingerprint density at radius 3 is 2.39 bits per heavy atom. The van der Waals surface area contributed by atoms with Gasteiger partial charge in [0, 0.05) is 11.9 Å². The van der Waals surface area contributed by atoms with Crippen LogP contribution in [-0.2, 0) is 31.6 Å². The number of allylic oxidation sites excluding steroid dienone is 1. The van der Waals surface area contributed by atoms with Gasteiger partial charge in [-0.1, -0.05) is 19.1 Å². The van der Waals surface area contributed by atoms with Crippen LogP contribution in [0, 0.1) is 12.3 Å². The van der Waals surface area contributed by atoms with E-state index in [2.05, 4.69) is 31.6 Å². The summed E-state index contributed by atoms with van der Waals surface area (Å²) < 4.78 is 65.5. The molecule has 0 spiro atoms. The standard InChI is InChI=1S/C13H18FN2O12P3/c1-4-13(7-25-30(21,22)28-31(23,24)27-29(18,19)20)11(17)10(14)12(26-13)16-6-5-8(2)15-9(16)3/h1,5-6,10-12,15,17H,2-3,7H2,(H,21,22)(H,23,24)(H2,18,19,20)/t10?,11-,12-,13-/m1/s1. The minimum atomic E-state index is -5.78. The summed E-state index contributed by atoms with van der Waals surface area (Å²) in [5.41, 5.74) is -1.95. The van der Waals surface area contributed by atoms with Gasteiger partial charge in [0.2, 0.25) is 0 Å². The normalized spacial score (nSPS) is 32.8. The number of terminal acetylenes is 1. The van der Waals surface area contributed by atoms with Gasteiger partial charge in [0.05, 0.1) is 0 Å². The summed E-state index contributed by atoms with van der Waals surface area (Å²) in [6, 6.07) is 0. The number of halogens is 1. The topological polar surface area (TPSA) is 205 Å². The van der Waals surface area contributed by atoms with Crippen LogP contribution in [-0.4, -0.2) is 60.3 Å². The molecule has 0 aromatic heterocycles. The Balaban J connectivity index is 2.16. The molecular weight excluding hydrogens is 488 g/mol. The van der Waals surface area contributed by atoms with Crippen molar-refractivity contribution in [3.63, 3.8) is 0 Å². The van der Waals surface area contributed by atoms with Gasteiger partial charge in [0.1, 0.15) is 18.5 Å². The number of phosphoric acid groups is 3. The number of ether oxygens (including phenoxy) is 1. The van der Waals surface area contributed by atoms with Crippen LogP contribution in [0.3, 0.4) is 0 Å². The first kappa shape index (κ1) is 25.9. The number of hydrogen-bond donors (Lipinski definition) is 6. The van der Waals surface area contributed by atoms with Crippen molar-refractivity contribution in [1.29, 1.82) is 0 Å². The molecule has 0 radical (unpaired) electrons. The highest BCUT2D eigenvalue weighted by Crippen LogP contribution is 2.66. The number of rotatable bonds is 8. The molecule has 2 aliphatic heterocycles. The lowest BCUT2D eigenvalue weighted by Gasteiger charge is -2.34. The van der Waals surface area contributed by atoms with E-state index >= 15 is 0 Å². The van der Waals surface area contributed by atoms with Crippen molar-refractivity contribution in [2.24, 2.45) is 0 Å². The summed E-state index contributed by atoms with van der Waals surface area (Å²) in [6.07, 6.45) is 2.18. The molecule has 18 heteroatoms. The van der Waals surface area contributed by atoms with E-state index < -0.39 is 54.2 Å². The molecule has 0 aliphatic carbocycles. The zero-order valence-corrected chi connectivity index (χ0v) is 18.0. The molecule has 31 heavy (non-hydrogen) atoms. The van der Waals surface area contributed by atoms with Gasteiger partial charge in [-0.05, 0) is 6.08 Å². The molecule has 1 fully saturated rings. The number of nitrogens with one attached hydrogen (secondary N) is 1. The molecule has 0 amide bonds. The van der Waals surface area contributed by atoms with Gasteiger partial charge >= 0.3 is 23.5 Å². The van der Waals surface area contributed by atoms with Crippen molar-refractivity contribution in [2.75, 3.05) is 6.61 Å². The van der Waals surface area contributed by atoms with E-state index in [9.17, 15) is 28.1 Å². The summed E-state index contributed by atoms with van der Waals surface area (Å²) >= 11 is 0. The SMILES string of the molecule is C#C[C@]1(COP(=O)(O)OP(=O)(O)OP(=O)(O)O)O[C@@H](N2C=CC(=C)NC2=C)C(F)[C@H]1O. The first-order chi connectivity index (χ1) is 14.0. The van der Waals surface area contributed by atoms with E-state index in [4.69, 9.17) is 25.8 Å². The fourth-order valence-corrected chi connectivity index (χ4v) is 5.57. The van der Waals surface area contributed by atoms with E-state index in [0.29, 0.717) is 5.70 Å². The molecule has 2 rings (SSSR count). The van der Waals surface area contributed by atoms with E-state index in [1.165, 1.54) is 12.3 Å². The maximum absolute atomic E-state index is 14.7. The molecular formula is C13H18FN2O12P3. The van der Waals surface area contributed by atoms with Gasteiger partial charge in [0.25, 0.3) is 0 Å². The molecule has 174 valence electrons. The third-order valence-corrected chi connectivity index (χ3v) is 7.59. The van der Waals surface area contributed by atoms with Crippen LogP contribution >= 0.6 is 23.5 Å². The summed E-state index contributed by atoms with van der Waals surface area (Å²) in [7, 11) is -17.0. The maximum Gasteiger partial charge on any atom is 0.490 e. The predicted octanol–water partition coefficient (Wildman–Crippen LogP) is 0.161. The third kappa shape index (κ3) is 6.34. The molecule has 1 saturated heterocycles. The Morgan fingerprint density at radius 1 is 1.26 bits per heavy atom. The van der Waals surface area contributed by atoms with Gasteiger partial charge in [-0.2, -0.15) is 8.62 Å². The molecule has 0 aromatic carbocycles. The van der Waals surface area contributed by atoms with Crippen LogP contribution in [0.1, 0.15) is 0 Å². The lowest BCUT2D eigenvalue weighted by molar-refractivity contribution is -0.0995. The lowest BCUT2D eigenvalue weighted by Crippen LogP contribution is -2.44. The Bertz CT molecular complexity index is 975. The Labute approximate surface area is 175 Å². The zero-order chi connectivity index (χ0) is 23.8. The maximum atomic E-state index is 14.7. The molecule has 0 saturated carbocycles. The first-order valence-electron chi connectivity index (χ1n) is 7.88. The second kappa shape index (κ2) is 8.88. The van der Waals surface area contributed by atoms with Gasteiger partial charge < -0.3 is 39.6 Å². The Morgan fingerprint density at radius 2 is 1.87 bits per heavy atom. The predicted molar refractivity (Wildman–Crippen MR) is 99.6 cm³/mol.